The fraction of sp³-hybridized carbons (Fsp3) is 0.429. The molecule has 2 aliphatic rings. The molecule has 2 fully saturated rings. The van der Waals surface area contributed by atoms with Gasteiger partial charge in [0.15, 0.2) is 0 Å². The quantitative estimate of drug-likeness (QED) is 0.651. The predicted octanol–water partition coefficient (Wildman–Crippen LogP) is 5.07. The second-order valence-electron chi connectivity index (χ2n) is 7.49. The van der Waals surface area contributed by atoms with E-state index in [1.54, 1.807) is 13.2 Å². The van der Waals surface area contributed by atoms with Gasteiger partial charge in [-0.1, -0.05) is 35.9 Å². The van der Waals surface area contributed by atoms with Crippen molar-refractivity contribution >= 4 is 36.4 Å². The minimum atomic E-state index is -0.155. The first-order chi connectivity index (χ1) is 12.6. The molecule has 2 aromatic rings. The lowest BCUT2D eigenvalue weighted by Crippen LogP contribution is -2.29. The van der Waals surface area contributed by atoms with Gasteiger partial charge in [0, 0.05) is 32.2 Å². The molecule has 0 aliphatic carbocycles. The zero-order valence-corrected chi connectivity index (χ0v) is 18.4. The Kier molecular flexibility index (Phi) is 8.00. The highest BCUT2D eigenvalue weighted by Gasteiger charge is 2.46. The van der Waals surface area contributed by atoms with Gasteiger partial charge in [-0.2, -0.15) is 0 Å². The van der Waals surface area contributed by atoms with Gasteiger partial charge in [-0.3, -0.25) is 9.80 Å². The zero-order valence-electron chi connectivity index (χ0n) is 16.0. The first-order valence-corrected chi connectivity index (χ1v) is 9.44. The number of nitrogens with zero attached hydrogens (tertiary/aromatic N) is 2. The molecule has 3 atom stereocenters. The smallest absolute Gasteiger partial charge is 0.137 e. The standard InChI is InChI=1S/C21H24ClFN2O.2ClH/c1-24-10-16-12-25(11-15-6-4-8-19(26-2)20(15)22)13-18(16)21(24)14-5-3-7-17(23)9-14;;/h3-9,16,18,21H,10-13H2,1-2H3;2*1H/t16-,18+,21-;;/m0../s1. The van der Waals surface area contributed by atoms with Crippen LogP contribution in [-0.2, 0) is 6.54 Å². The lowest BCUT2D eigenvalue weighted by Gasteiger charge is -2.27. The fourth-order valence-corrected chi connectivity index (χ4v) is 5.01. The molecule has 7 heteroatoms. The highest BCUT2D eigenvalue weighted by atomic mass is 35.5. The number of hydrogen-bond donors (Lipinski definition) is 0. The number of ether oxygens (including phenoxy) is 1. The first kappa shape index (κ1) is 23.2. The molecule has 154 valence electrons. The number of benzene rings is 2. The molecule has 28 heavy (non-hydrogen) atoms. The largest absolute Gasteiger partial charge is 0.495 e. The van der Waals surface area contributed by atoms with Gasteiger partial charge in [0.1, 0.15) is 11.6 Å². The summed E-state index contributed by atoms with van der Waals surface area (Å²) in [6.45, 7) is 3.93. The van der Waals surface area contributed by atoms with Gasteiger partial charge in [0.05, 0.1) is 12.1 Å². The van der Waals surface area contributed by atoms with Crippen molar-refractivity contribution in [3.8, 4) is 5.75 Å². The van der Waals surface area contributed by atoms with Crippen LogP contribution in [-0.4, -0.2) is 43.6 Å². The van der Waals surface area contributed by atoms with Gasteiger partial charge in [-0.15, -0.1) is 24.8 Å². The molecule has 2 aliphatic heterocycles. The van der Waals surface area contributed by atoms with Crippen molar-refractivity contribution in [2.45, 2.75) is 12.6 Å². The van der Waals surface area contributed by atoms with Gasteiger partial charge in [-0.25, -0.2) is 4.39 Å². The van der Waals surface area contributed by atoms with Crippen LogP contribution in [0.4, 0.5) is 4.39 Å². The van der Waals surface area contributed by atoms with Crippen molar-refractivity contribution in [3.05, 3.63) is 64.4 Å². The maximum absolute atomic E-state index is 13.7. The van der Waals surface area contributed by atoms with E-state index >= 15 is 0 Å². The van der Waals surface area contributed by atoms with Crippen LogP contribution in [0.15, 0.2) is 42.5 Å². The van der Waals surface area contributed by atoms with E-state index in [4.69, 9.17) is 16.3 Å². The monoisotopic (exact) mass is 446 g/mol. The number of hydrogen-bond acceptors (Lipinski definition) is 3. The minimum absolute atomic E-state index is 0. The zero-order chi connectivity index (χ0) is 18.3. The predicted molar refractivity (Wildman–Crippen MR) is 117 cm³/mol. The van der Waals surface area contributed by atoms with E-state index in [1.165, 1.54) is 6.07 Å². The lowest BCUT2D eigenvalue weighted by atomic mass is 9.89. The molecule has 3 nitrogen and oxygen atoms in total. The number of likely N-dealkylation sites (tertiary alicyclic amines) is 2. The SMILES string of the molecule is COc1cccc(CN2C[C@@H]3CN(C)[C@@H](c4cccc(F)c4)[C@@H]3C2)c1Cl.Cl.Cl. The van der Waals surface area contributed by atoms with E-state index in [2.05, 4.69) is 22.9 Å². The molecule has 2 saturated heterocycles. The van der Waals surface area contributed by atoms with Crippen LogP contribution in [0.25, 0.3) is 0 Å². The number of methoxy groups -OCH3 is 1. The minimum Gasteiger partial charge on any atom is -0.495 e. The Morgan fingerprint density at radius 3 is 2.57 bits per heavy atom. The highest BCUT2D eigenvalue weighted by Crippen LogP contribution is 2.44. The van der Waals surface area contributed by atoms with E-state index < -0.39 is 0 Å². The summed E-state index contributed by atoms with van der Waals surface area (Å²) in [4.78, 5) is 4.84. The summed E-state index contributed by atoms with van der Waals surface area (Å²) in [5.41, 5.74) is 2.18. The third-order valence-corrected chi connectivity index (χ3v) is 6.25. The first-order valence-electron chi connectivity index (χ1n) is 9.06. The van der Waals surface area contributed by atoms with E-state index in [0.29, 0.717) is 16.9 Å². The molecule has 0 bridgehead atoms. The third-order valence-electron chi connectivity index (χ3n) is 5.82. The highest BCUT2D eigenvalue weighted by molar-refractivity contribution is 6.32. The Morgan fingerprint density at radius 2 is 1.86 bits per heavy atom. The summed E-state index contributed by atoms with van der Waals surface area (Å²) >= 11 is 6.47. The normalized spacial score (nSPS) is 24.4. The van der Waals surface area contributed by atoms with Crippen molar-refractivity contribution in [1.82, 2.24) is 9.80 Å². The number of rotatable bonds is 4. The summed E-state index contributed by atoms with van der Waals surface area (Å²) in [7, 11) is 3.79. The average Bonchev–Trinajstić information content (AvgIpc) is 3.12. The summed E-state index contributed by atoms with van der Waals surface area (Å²) < 4.78 is 19.0. The molecular formula is C21H26Cl3FN2O. The van der Waals surface area contributed by atoms with Crippen molar-refractivity contribution in [1.29, 1.82) is 0 Å². The van der Waals surface area contributed by atoms with Gasteiger partial charge in [-0.05, 0) is 48.2 Å². The van der Waals surface area contributed by atoms with Crippen LogP contribution < -0.4 is 4.74 Å². The molecule has 0 spiro atoms. The van der Waals surface area contributed by atoms with E-state index in [0.717, 1.165) is 43.1 Å². The van der Waals surface area contributed by atoms with Crippen molar-refractivity contribution < 1.29 is 9.13 Å². The summed E-state index contributed by atoms with van der Waals surface area (Å²) in [5.74, 6) is 1.70. The topological polar surface area (TPSA) is 15.7 Å². The molecule has 0 N–H and O–H groups in total. The molecule has 0 unspecified atom stereocenters. The maximum Gasteiger partial charge on any atom is 0.137 e. The van der Waals surface area contributed by atoms with Crippen LogP contribution in [0, 0.1) is 17.7 Å². The Labute approximate surface area is 183 Å². The molecule has 2 aromatic carbocycles. The molecule has 0 saturated carbocycles. The van der Waals surface area contributed by atoms with Gasteiger partial charge < -0.3 is 4.74 Å². The fourth-order valence-electron chi connectivity index (χ4n) is 4.75. The Morgan fingerprint density at radius 1 is 1.11 bits per heavy atom. The summed E-state index contributed by atoms with van der Waals surface area (Å²) in [6, 6.07) is 13.3. The Hall–Kier alpha value is -1.04. The van der Waals surface area contributed by atoms with Crippen LogP contribution in [0.2, 0.25) is 5.02 Å². The summed E-state index contributed by atoms with van der Waals surface area (Å²) in [5, 5.41) is 0.700. The number of fused-ring (bicyclic) bond motifs is 1. The maximum atomic E-state index is 13.7. The van der Waals surface area contributed by atoms with Gasteiger partial charge >= 0.3 is 0 Å². The molecule has 2 heterocycles. The van der Waals surface area contributed by atoms with Crippen molar-refractivity contribution in [2.24, 2.45) is 11.8 Å². The Bertz CT molecular complexity index is 807. The van der Waals surface area contributed by atoms with Crippen LogP contribution in [0.3, 0.4) is 0 Å². The number of halogens is 4. The lowest BCUT2D eigenvalue weighted by molar-refractivity contribution is 0.224. The molecule has 0 amide bonds. The van der Waals surface area contributed by atoms with Crippen molar-refractivity contribution in [2.75, 3.05) is 33.8 Å². The average molecular weight is 448 g/mol. The molecule has 0 aromatic heterocycles. The van der Waals surface area contributed by atoms with Gasteiger partial charge in [0.25, 0.3) is 0 Å². The van der Waals surface area contributed by atoms with Crippen LogP contribution in [0.1, 0.15) is 17.2 Å². The molecule has 0 radical (unpaired) electrons. The van der Waals surface area contributed by atoms with Crippen molar-refractivity contribution in [3.63, 3.8) is 0 Å². The Balaban J connectivity index is 0.00000140. The van der Waals surface area contributed by atoms with E-state index in [9.17, 15) is 4.39 Å². The molecular weight excluding hydrogens is 422 g/mol. The van der Waals surface area contributed by atoms with E-state index in [1.807, 2.05) is 24.3 Å². The third kappa shape index (κ3) is 4.42. The second kappa shape index (κ2) is 9.64. The molecule has 4 rings (SSSR count). The summed E-state index contributed by atoms with van der Waals surface area (Å²) in [6.07, 6.45) is 0. The second-order valence-corrected chi connectivity index (χ2v) is 7.87. The van der Waals surface area contributed by atoms with Crippen LogP contribution >= 0.6 is 36.4 Å². The van der Waals surface area contributed by atoms with E-state index in [-0.39, 0.29) is 36.7 Å². The van der Waals surface area contributed by atoms with Gasteiger partial charge in [0.2, 0.25) is 0 Å². The van der Waals surface area contributed by atoms with Crippen LogP contribution in [0.5, 0.6) is 5.75 Å².